The zero-order valence-corrected chi connectivity index (χ0v) is 21.9. The molecule has 0 aliphatic carbocycles. The summed E-state index contributed by atoms with van der Waals surface area (Å²) in [4.78, 5) is 24.4. The molecule has 4 rings (SSSR count). The van der Waals surface area contributed by atoms with Gasteiger partial charge in [0.25, 0.3) is 15.9 Å². The number of nitrogens with zero attached hydrogens (tertiary/aromatic N) is 3. The molecule has 0 unspecified atom stereocenters. The summed E-state index contributed by atoms with van der Waals surface area (Å²) in [5, 5.41) is 10.6. The number of hydrogen-bond acceptors (Lipinski definition) is 11. The Hall–Kier alpha value is -3.36. The van der Waals surface area contributed by atoms with Crippen LogP contribution in [0, 0.1) is 6.92 Å². The first-order valence-corrected chi connectivity index (χ1v) is 13.7. The van der Waals surface area contributed by atoms with Crippen LogP contribution in [0.3, 0.4) is 0 Å². The van der Waals surface area contributed by atoms with E-state index >= 15 is 0 Å². The van der Waals surface area contributed by atoms with Crippen LogP contribution in [0.1, 0.15) is 5.56 Å². The van der Waals surface area contributed by atoms with Gasteiger partial charge in [0.2, 0.25) is 5.13 Å². The average molecular weight is 551 g/mol. The number of sulfonamides is 1. The molecule has 1 aliphatic rings. The van der Waals surface area contributed by atoms with Crippen molar-refractivity contribution in [2.75, 3.05) is 36.1 Å². The highest BCUT2D eigenvalue weighted by atomic mass is 32.2. The standard InChI is InChI=1S/C22H22N4O7S3/c1-13-4-9-16-17(10-13)33-18(11-26(16)36(29,30)15-7-5-14(31-2)6-8-15)20(28)23-21-24-25-22(35-21)34-12-19(27)32-3/h4-10,18H,11-12H2,1-3H3,(H,23,24,28)/t18-/m1/s1. The van der Waals surface area contributed by atoms with Crippen molar-refractivity contribution in [3.63, 3.8) is 0 Å². The lowest BCUT2D eigenvalue weighted by molar-refractivity contribution is -0.137. The minimum Gasteiger partial charge on any atom is -0.497 e. The van der Waals surface area contributed by atoms with Gasteiger partial charge in [-0.25, -0.2) is 8.42 Å². The van der Waals surface area contributed by atoms with Gasteiger partial charge in [0.1, 0.15) is 11.5 Å². The summed E-state index contributed by atoms with van der Waals surface area (Å²) in [6.45, 7) is 1.59. The minimum absolute atomic E-state index is 0.0484. The maximum atomic E-state index is 13.6. The Bertz CT molecular complexity index is 1380. The molecule has 1 N–H and O–H groups in total. The number of thioether (sulfide) groups is 1. The lowest BCUT2D eigenvalue weighted by Gasteiger charge is -2.34. The van der Waals surface area contributed by atoms with Gasteiger partial charge in [-0.05, 0) is 48.9 Å². The van der Waals surface area contributed by atoms with Gasteiger partial charge in [0.05, 0.1) is 37.1 Å². The van der Waals surface area contributed by atoms with Crippen molar-refractivity contribution >= 4 is 55.8 Å². The number of aryl methyl sites for hydroxylation is 1. The highest BCUT2D eigenvalue weighted by molar-refractivity contribution is 8.01. The first kappa shape index (κ1) is 25.7. The number of ether oxygens (including phenoxy) is 3. The summed E-state index contributed by atoms with van der Waals surface area (Å²) < 4.78 is 44.3. The number of nitrogens with one attached hydrogen (secondary N) is 1. The van der Waals surface area contributed by atoms with Crippen LogP contribution in [0.4, 0.5) is 10.8 Å². The molecule has 3 aromatic rings. The molecule has 1 amide bonds. The third kappa shape index (κ3) is 5.55. The Morgan fingerprint density at radius 3 is 2.64 bits per heavy atom. The first-order valence-electron chi connectivity index (χ1n) is 10.5. The fourth-order valence-corrected chi connectivity index (χ4v) is 6.35. The van der Waals surface area contributed by atoms with E-state index < -0.39 is 28.0 Å². The van der Waals surface area contributed by atoms with Gasteiger partial charge < -0.3 is 14.2 Å². The number of methoxy groups -OCH3 is 2. The molecular weight excluding hydrogens is 528 g/mol. The quantitative estimate of drug-likeness (QED) is 0.253. The highest BCUT2D eigenvalue weighted by Crippen LogP contribution is 2.38. The van der Waals surface area contributed by atoms with Gasteiger partial charge in [0.15, 0.2) is 10.4 Å². The summed E-state index contributed by atoms with van der Waals surface area (Å²) in [5.74, 6) is -0.157. The Kier molecular flexibility index (Phi) is 7.66. The number of benzene rings is 2. The van der Waals surface area contributed by atoms with Crippen LogP contribution in [0.5, 0.6) is 11.5 Å². The zero-order chi connectivity index (χ0) is 25.9. The second-order valence-electron chi connectivity index (χ2n) is 7.52. The number of fused-ring (bicyclic) bond motifs is 1. The molecule has 190 valence electrons. The van der Waals surface area contributed by atoms with Crippen LogP contribution in [0.15, 0.2) is 51.7 Å². The summed E-state index contributed by atoms with van der Waals surface area (Å²) in [6, 6.07) is 11.1. The van der Waals surface area contributed by atoms with Crippen molar-refractivity contribution in [2.24, 2.45) is 0 Å². The van der Waals surface area contributed by atoms with Gasteiger partial charge in [-0.15, -0.1) is 10.2 Å². The van der Waals surface area contributed by atoms with Gasteiger partial charge in [-0.1, -0.05) is 29.2 Å². The second kappa shape index (κ2) is 10.7. The molecule has 14 heteroatoms. The van der Waals surface area contributed by atoms with E-state index in [-0.39, 0.29) is 28.1 Å². The summed E-state index contributed by atoms with van der Waals surface area (Å²) in [5.41, 5.74) is 1.17. The Morgan fingerprint density at radius 2 is 1.94 bits per heavy atom. The van der Waals surface area contributed by atoms with E-state index in [1.165, 1.54) is 26.4 Å². The van der Waals surface area contributed by atoms with Crippen molar-refractivity contribution in [3.05, 3.63) is 48.0 Å². The molecule has 1 atom stereocenters. The SMILES string of the molecule is COC(=O)CSc1nnc(NC(=O)[C@H]2CN(S(=O)(=O)c3ccc(OC)cc3)c3ccc(C)cc3O2)s1. The molecule has 36 heavy (non-hydrogen) atoms. The Balaban J connectivity index is 1.57. The van der Waals surface area contributed by atoms with Crippen LogP contribution in [0.2, 0.25) is 0 Å². The van der Waals surface area contributed by atoms with Crippen molar-refractivity contribution in [3.8, 4) is 11.5 Å². The predicted octanol–water partition coefficient (Wildman–Crippen LogP) is 2.72. The maximum Gasteiger partial charge on any atom is 0.316 e. The van der Waals surface area contributed by atoms with Gasteiger partial charge in [0, 0.05) is 0 Å². The summed E-state index contributed by atoms with van der Waals surface area (Å²) in [6.07, 6.45) is -1.15. The van der Waals surface area contributed by atoms with E-state index in [9.17, 15) is 18.0 Å². The lowest BCUT2D eigenvalue weighted by Crippen LogP contribution is -2.48. The largest absolute Gasteiger partial charge is 0.497 e. The molecular formula is C22H22N4O7S3. The zero-order valence-electron chi connectivity index (χ0n) is 19.5. The molecule has 2 aromatic carbocycles. The number of esters is 1. The van der Waals surface area contributed by atoms with Crippen molar-refractivity contribution in [2.45, 2.75) is 22.3 Å². The third-order valence-corrected chi connectivity index (χ3v) is 8.84. The molecule has 1 aromatic heterocycles. The number of aromatic nitrogens is 2. The van der Waals surface area contributed by atoms with Crippen LogP contribution >= 0.6 is 23.1 Å². The van der Waals surface area contributed by atoms with Crippen LogP contribution in [-0.4, -0.2) is 63.1 Å². The number of carbonyl (C=O) groups is 2. The number of amides is 1. The summed E-state index contributed by atoms with van der Waals surface area (Å²) >= 11 is 2.20. The Labute approximate surface area is 215 Å². The predicted molar refractivity (Wildman–Crippen MR) is 134 cm³/mol. The topological polar surface area (TPSA) is 137 Å². The molecule has 0 bridgehead atoms. The van der Waals surface area contributed by atoms with Gasteiger partial charge in [-0.2, -0.15) is 0 Å². The van der Waals surface area contributed by atoms with E-state index in [4.69, 9.17) is 9.47 Å². The lowest BCUT2D eigenvalue weighted by atomic mass is 10.1. The first-order chi connectivity index (χ1) is 17.2. The van der Waals surface area contributed by atoms with Crippen molar-refractivity contribution in [1.82, 2.24) is 10.2 Å². The molecule has 0 spiro atoms. The number of hydrogen-bond donors (Lipinski definition) is 1. The molecule has 0 fully saturated rings. The maximum absolute atomic E-state index is 13.6. The molecule has 2 heterocycles. The van der Waals surface area contributed by atoms with Crippen LogP contribution in [0.25, 0.3) is 0 Å². The van der Waals surface area contributed by atoms with Crippen LogP contribution < -0.4 is 19.1 Å². The monoisotopic (exact) mass is 550 g/mol. The van der Waals surface area contributed by atoms with E-state index in [2.05, 4.69) is 20.3 Å². The molecule has 11 nitrogen and oxygen atoms in total. The minimum atomic E-state index is -4.02. The molecule has 0 saturated heterocycles. The Morgan fingerprint density at radius 1 is 1.19 bits per heavy atom. The van der Waals surface area contributed by atoms with Crippen molar-refractivity contribution < 1.29 is 32.2 Å². The second-order valence-corrected chi connectivity index (χ2v) is 11.6. The van der Waals surface area contributed by atoms with E-state index in [0.29, 0.717) is 15.8 Å². The van der Waals surface area contributed by atoms with E-state index in [1.54, 1.807) is 30.3 Å². The smallest absolute Gasteiger partial charge is 0.316 e. The van der Waals surface area contributed by atoms with Crippen molar-refractivity contribution in [1.29, 1.82) is 0 Å². The van der Waals surface area contributed by atoms with Gasteiger partial charge >= 0.3 is 5.97 Å². The third-order valence-electron chi connectivity index (χ3n) is 5.10. The fraction of sp³-hybridized carbons (Fsp3) is 0.273. The molecule has 1 aliphatic heterocycles. The number of carbonyl (C=O) groups excluding carboxylic acids is 2. The normalized spacial score (nSPS) is 15.0. The highest BCUT2D eigenvalue weighted by Gasteiger charge is 2.38. The van der Waals surface area contributed by atoms with Crippen LogP contribution in [-0.2, 0) is 24.3 Å². The van der Waals surface area contributed by atoms with E-state index in [1.807, 2.05) is 6.92 Å². The van der Waals surface area contributed by atoms with E-state index in [0.717, 1.165) is 33.0 Å². The number of rotatable bonds is 8. The number of anilines is 2. The summed E-state index contributed by atoms with van der Waals surface area (Å²) in [7, 11) is -1.24. The van der Waals surface area contributed by atoms with Gasteiger partial charge in [-0.3, -0.25) is 19.2 Å². The molecule has 0 saturated carbocycles. The average Bonchev–Trinajstić information content (AvgIpc) is 3.33. The fourth-order valence-electron chi connectivity index (χ4n) is 3.28. The molecule has 0 radical (unpaired) electrons.